The smallest absolute Gasteiger partial charge is 0.172 e. The van der Waals surface area contributed by atoms with Crippen molar-refractivity contribution < 1.29 is 4.79 Å². The lowest BCUT2D eigenvalue weighted by Gasteiger charge is -2.39. The molecule has 0 aliphatic rings. The third-order valence-corrected chi connectivity index (χ3v) is 5.14. The number of nitrogens with zero attached hydrogens (tertiary/aromatic N) is 3. The van der Waals surface area contributed by atoms with E-state index < -0.39 is 23.2 Å². The summed E-state index contributed by atoms with van der Waals surface area (Å²) in [7, 11) is 0. The second-order valence-corrected chi connectivity index (χ2v) is 6.38. The van der Waals surface area contributed by atoms with Gasteiger partial charge in [-0.2, -0.15) is 15.8 Å². The predicted molar refractivity (Wildman–Crippen MR) is 95.0 cm³/mol. The Morgan fingerprint density at radius 1 is 0.840 bits per heavy atom. The van der Waals surface area contributed by atoms with Crippen LogP contribution in [0.25, 0.3) is 10.8 Å². The van der Waals surface area contributed by atoms with Crippen LogP contribution >= 0.6 is 0 Å². The molecule has 2 rings (SSSR count). The summed E-state index contributed by atoms with van der Waals surface area (Å²) < 4.78 is 0. The van der Waals surface area contributed by atoms with Crippen molar-refractivity contribution >= 4 is 16.6 Å². The van der Waals surface area contributed by atoms with Crippen LogP contribution in [0.15, 0.2) is 42.5 Å². The minimum atomic E-state index is -1.37. The number of hydrogen-bond donors (Lipinski definition) is 0. The van der Waals surface area contributed by atoms with Crippen LogP contribution in [0.3, 0.4) is 0 Å². The fraction of sp³-hybridized carbons (Fsp3) is 0.333. The maximum atomic E-state index is 13.5. The van der Waals surface area contributed by atoms with Crippen LogP contribution in [0.1, 0.15) is 31.1 Å². The molecule has 0 fully saturated rings. The highest BCUT2D eigenvalue weighted by atomic mass is 16.1. The summed E-state index contributed by atoms with van der Waals surface area (Å²) >= 11 is 0. The Morgan fingerprint density at radius 2 is 1.32 bits per heavy atom. The van der Waals surface area contributed by atoms with Gasteiger partial charge in [0.25, 0.3) is 0 Å². The molecular formula is C21H19N3O. The van der Waals surface area contributed by atoms with E-state index in [1.165, 1.54) is 0 Å². The van der Waals surface area contributed by atoms with Gasteiger partial charge in [0.2, 0.25) is 0 Å². The minimum Gasteiger partial charge on any atom is -0.293 e. The molecule has 0 amide bonds. The molecule has 0 aliphatic heterocycles. The van der Waals surface area contributed by atoms with E-state index in [1.807, 2.05) is 30.3 Å². The SMILES string of the molecule is C[C@H](C#N)C(C(=O)c1ccc2ccccc2c1)([C@H](C)C#N)[C@H](C)C#N. The van der Waals surface area contributed by atoms with Crippen LogP contribution in [0, 0.1) is 57.2 Å². The predicted octanol–water partition coefficient (Wildman–Crippen LogP) is 4.49. The van der Waals surface area contributed by atoms with Crippen molar-refractivity contribution in [1.29, 1.82) is 15.8 Å². The van der Waals surface area contributed by atoms with Gasteiger partial charge in [-0.1, -0.05) is 36.4 Å². The Bertz CT molecular complexity index is 876. The van der Waals surface area contributed by atoms with Gasteiger partial charge in [-0.3, -0.25) is 4.79 Å². The second-order valence-electron chi connectivity index (χ2n) is 6.38. The highest BCUT2D eigenvalue weighted by Gasteiger charge is 2.53. The number of carbonyl (C=O) groups is 1. The number of carbonyl (C=O) groups excluding carboxylic acids is 1. The van der Waals surface area contributed by atoms with Crippen LogP contribution < -0.4 is 0 Å². The number of benzene rings is 2. The molecule has 0 aliphatic carbocycles. The molecule has 25 heavy (non-hydrogen) atoms. The maximum absolute atomic E-state index is 13.5. The van der Waals surface area contributed by atoms with E-state index >= 15 is 0 Å². The fourth-order valence-electron chi connectivity index (χ4n) is 3.62. The number of nitriles is 3. The number of Topliss-reactive ketones (excluding diaryl/α,β-unsaturated/α-hetero) is 1. The first-order valence-corrected chi connectivity index (χ1v) is 8.15. The Kier molecular flexibility index (Phi) is 5.21. The van der Waals surface area contributed by atoms with E-state index in [1.54, 1.807) is 32.9 Å². The molecule has 0 spiro atoms. The van der Waals surface area contributed by atoms with Crippen molar-refractivity contribution in [1.82, 2.24) is 0 Å². The Morgan fingerprint density at radius 3 is 1.80 bits per heavy atom. The van der Waals surface area contributed by atoms with Crippen molar-refractivity contribution in [3.05, 3.63) is 48.0 Å². The molecule has 0 saturated carbocycles. The van der Waals surface area contributed by atoms with Crippen molar-refractivity contribution in [3.8, 4) is 18.2 Å². The van der Waals surface area contributed by atoms with E-state index in [9.17, 15) is 20.6 Å². The summed E-state index contributed by atoms with van der Waals surface area (Å²) in [6.45, 7) is 4.84. The Labute approximate surface area is 147 Å². The zero-order valence-corrected chi connectivity index (χ0v) is 14.5. The molecule has 0 N–H and O–H groups in total. The van der Waals surface area contributed by atoms with Gasteiger partial charge >= 0.3 is 0 Å². The first kappa shape index (κ1) is 18.2. The molecule has 124 valence electrons. The number of fused-ring (bicyclic) bond motifs is 1. The third kappa shape index (κ3) is 2.86. The van der Waals surface area contributed by atoms with Gasteiger partial charge in [-0.25, -0.2) is 0 Å². The Hall–Kier alpha value is -3.16. The van der Waals surface area contributed by atoms with Gasteiger partial charge in [0.15, 0.2) is 5.78 Å². The van der Waals surface area contributed by atoms with Crippen LogP contribution in [-0.2, 0) is 0 Å². The minimum absolute atomic E-state index is 0.324. The highest BCUT2D eigenvalue weighted by molar-refractivity contribution is 6.04. The molecule has 0 unspecified atom stereocenters. The molecule has 0 radical (unpaired) electrons. The molecule has 0 aromatic heterocycles. The monoisotopic (exact) mass is 329 g/mol. The molecule has 2 aromatic carbocycles. The summed E-state index contributed by atoms with van der Waals surface area (Å²) in [6.07, 6.45) is 0. The summed E-state index contributed by atoms with van der Waals surface area (Å²) in [5, 5.41) is 30.4. The Balaban J connectivity index is 2.71. The van der Waals surface area contributed by atoms with Crippen molar-refractivity contribution in [2.75, 3.05) is 0 Å². The maximum Gasteiger partial charge on any atom is 0.172 e. The van der Waals surface area contributed by atoms with E-state index in [2.05, 4.69) is 18.2 Å². The van der Waals surface area contributed by atoms with E-state index in [4.69, 9.17) is 0 Å². The van der Waals surface area contributed by atoms with Crippen LogP contribution in [0.5, 0.6) is 0 Å². The second kappa shape index (κ2) is 7.16. The molecule has 0 saturated heterocycles. The molecule has 0 heterocycles. The summed E-state index contributed by atoms with van der Waals surface area (Å²) in [5.41, 5.74) is -0.953. The summed E-state index contributed by atoms with van der Waals surface area (Å²) in [5.74, 6) is -2.63. The summed E-state index contributed by atoms with van der Waals surface area (Å²) in [6, 6.07) is 19.3. The lowest BCUT2D eigenvalue weighted by atomic mass is 9.58. The largest absolute Gasteiger partial charge is 0.293 e. The van der Waals surface area contributed by atoms with Crippen LogP contribution in [-0.4, -0.2) is 5.78 Å². The first-order chi connectivity index (χ1) is 11.9. The number of rotatable bonds is 5. The molecule has 4 heteroatoms. The topological polar surface area (TPSA) is 88.4 Å². The van der Waals surface area contributed by atoms with Crippen molar-refractivity contribution in [2.45, 2.75) is 20.8 Å². The standard InChI is InChI=1S/C21H19N3O/c1-14(11-22)21(15(2)12-23,16(3)13-24)20(25)19-9-8-17-6-4-5-7-18(17)10-19/h4-10,14-16H,1-3H3/t14-,15-,16-/m1/s1. The zero-order valence-electron chi connectivity index (χ0n) is 14.5. The number of ketones is 1. The van der Waals surface area contributed by atoms with Crippen LogP contribution in [0.2, 0.25) is 0 Å². The van der Waals surface area contributed by atoms with E-state index in [0.29, 0.717) is 5.56 Å². The van der Waals surface area contributed by atoms with Gasteiger partial charge in [-0.05, 0) is 37.6 Å². The van der Waals surface area contributed by atoms with Gasteiger partial charge in [-0.15, -0.1) is 0 Å². The zero-order chi connectivity index (χ0) is 18.6. The van der Waals surface area contributed by atoms with E-state index in [-0.39, 0.29) is 5.78 Å². The number of hydrogen-bond acceptors (Lipinski definition) is 4. The average molecular weight is 329 g/mol. The van der Waals surface area contributed by atoms with Gasteiger partial charge in [0, 0.05) is 5.56 Å². The quantitative estimate of drug-likeness (QED) is 0.756. The van der Waals surface area contributed by atoms with Gasteiger partial charge < -0.3 is 0 Å². The molecule has 2 aromatic rings. The molecule has 3 atom stereocenters. The molecule has 0 bridgehead atoms. The summed E-state index contributed by atoms with van der Waals surface area (Å²) in [4.78, 5) is 13.5. The van der Waals surface area contributed by atoms with Gasteiger partial charge in [0.1, 0.15) is 0 Å². The third-order valence-electron chi connectivity index (χ3n) is 5.14. The molecular weight excluding hydrogens is 310 g/mol. The van der Waals surface area contributed by atoms with Gasteiger partial charge in [0.05, 0.1) is 41.4 Å². The molecule has 4 nitrogen and oxygen atoms in total. The van der Waals surface area contributed by atoms with Crippen LogP contribution in [0.4, 0.5) is 0 Å². The lowest BCUT2D eigenvalue weighted by Crippen LogP contribution is -2.47. The van der Waals surface area contributed by atoms with Crippen molar-refractivity contribution in [2.24, 2.45) is 23.2 Å². The first-order valence-electron chi connectivity index (χ1n) is 8.15. The normalized spacial score (nSPS) is 14.6. The highest BCUT2D eigenvalue weighted by Crippen LogP contribution is 2.45. The van der Waals surface area contributed by atoms with Crippen molar-refractivity contribution in [3.63, 3.8) is 0 Å². The fourth-order valence-corrected chi connectivity index (χ4v) is 3.62. The lowest BCUT2D eigenvalue weighted by molar-refractivity contribution is 0.0545. The average Bonchev–Trinajstić information content (AvgIpc) is 2.66. The van der Waals surface area contributed by atoms with E-state index in [0.717, 1.165) is 10.8 Å².